The maximum Gasteiger partial charge on any atom is 0.326 e. The van der Waals surface area contributed by atoms with Crippen molar-refractivity contribution in [3.05, 3.63) is 47.5 Å². The van der Waals surface area contributed by atoms with Gasteiger partial charge in [0.1, 0.15) is 6.04 Å². The van der Waals surface area contributed by atoms with Crippen molar-refractivity contribution in [1.82, 2.24) is 5.32 Å². The number of phenols is 4. The Kier molecular flexibility index (Phi) is 7.60. The standard InChI is InChI=1S/C18H20N2O7.H2O/c19-11(5-9-1-3-13(21)15(23)7-9)17(25)20-12(18(26)27)6-10-2-4-14(22)16(24)8-10;/h1-4,7-8,11-12,21-24H,5-6,19H2,(H,20,25)(H,26,27);1H2/t11-,12+;/m1./s1. The zero-order chi connectivity index (χ0) is 20.1. The number of hydrogen-bond acceptors (Lipinski definition) is 7. The molecule has 1 amide bonds. The quantitative estimate of drug-likeness (QED) is 0.300. The molecule has 2 aromatic rings. The lowest BCUT2D eigenvalue weighted by Gasteiger charge is -2.18. The normalized spacial score (nSPS) is 12.5. The van der Waals surface area contributed by atoms with Gasteiger partial charge >= 0.3 is 5.97 Å². The molecule has 2 atom stereocenters. The molecule has 10 N–H and O–H groups in total. The number of benzene rings is 2. The molecule has 0 aromatic heterocycles. The monoisotopic (exact) mass is 394 g/mol. The average molecular weight is 394 g/mol. The highest BCUT2D eigenvalue weighted by Gasteiger charge is 2.24. The van der Waals surface area contributed by atoms with Crippen LogP contribution >= 0.6 is 0 Å². The van der Waals surface area contributed by atoms with Crippen LogP contribution in [0, 0.1) is 0 Å². The fourth-order valence-electron chi connectivity index (χ4n) is 2.45. The fraction of sp³-hybridized carbons (Fsp3) is 0.222. The lowest BCUT2D eigenvalue weighted by Crippen LogP contribution is -2.50. The summed E-state index contributed by atoms with van der Waals surface area (Å²) >= 11 is 0. The van der Waals surface area contributed by atoms with Crippen molar-refractivity contribution in [3.63, 3.8) is 0 Å². The van der Waals surface area contributed by atoms with Crippen LogP contribution in [0.2, 0.25) is 0 Å². The van der Waals surface area contributed by atoms with Crippen LogP contribution in [0.1, 0.15) is 11.1 Å². The third-order valence-electron chi connectivity index (χ3n) is 3.93. The third kappa shape index (κ3) is 5.76. The third-order valence-corrected chi connectivity index (χ3v) is 3.93. The Morgan fingerprint density at radius 2 is 1.32 bits per heavy atom. The molecule has 2 aromatic carbocycles. The van der Waals surface area contributed by atoms with Gasteiger partial charge in [-0.25, -0.2) is 4.79 Å². The van der Waals surface area contributed by atoms with Crippen LogP contribution in [0.3, 0.4) is 0 Å². The van der Waals surface area contributed by atoms with Crippen LogP contribution in [-0.4, -0.2) is 55.0 Å². The minimum absolute atomic E-state index is 0. The average Bonchev–Trinajstić information content (AvgIpc) is 2.60. The molecule has 0 saturated heterocycles. The largest absolute Gasteiger partial charge is 0.504 e. The van der Waals surface area contributed by atoms with Crippen molar-refractivity contribution in [2.45, 2.75) is 24.9 Å². The van der Waals surface area contributed by atoms with Gasteiger partial charge in [0.2, 0.25) is 5.91 Å². The van der Waals surface area contributed by atoms with Gasteiger partial charge in [0.25, 0.3) is 0 Å². The van der Waals surface area contributed by atoms with Gasteiger partial charge in [-0.1, -0.05) is 12.1 Å². The van der Waals surface area contributed by atoms with Gasteiger partial charge < -0.3 is 42.1 Å². The SMILES string of the molecule is N[C@H](Cc1ccc(O)c(O)c1)C(=O)N[C@@H](Cc1ccc(O)c(O)c1)C(=O)O.O. The van der Waals surface area contributed by atoms with Crippen LogP contribution < -0.4 is 11.1 Å². The number of carbonyl (C=O) groups is 2. The van der Waals surface area contributed by atoms with Crippen molar-refractivity contribution in [2.75, 3.05) is 0 Å². The maximum atomic E-state index is 12.2. The van der Waals surface area contributed by atoms with E-state index in [9.17, 15) is 35.1 Å². The summed E-state index contributed by atoms with van der Waals surface area (Å²) in [5, 5.41) is 49.2. The molecule has 0 heterocycles. The van der Waals surface area contributed by atoms with Gasteiger partial charge in [0, 0.05) is 6.42 Å². The lowest BCUT2D eigenvalue weighted by atomic mass is 10.0. The molecule has 152 valence electrons. The summed E-state index contributed by atoms with van der Waals surface area (Å²) < 4.78 is 0. The van der Waals surface area contributed by atoms with E-state index in [1.165, 1.54) is 36.4 Å². The molecule has 0 aliphatic rings. The molecule has 0 aliphatic carbocycles. The van der Waals surface area contributed by atoms with E-state index < -0.39 is 29.7 Å². The minimum Gasteiger partial charge on any atom is -0.504 e. The molecule has 10 heteroatoms. The summed E-state index contributed by atoms with van der Waals surface area (Å²) in [4.78, 5) is 23.7. The van der Waals surface area contributed by atoms with E-state index in [1.807, 2.05) is 0 Å². The number of phenolic OH excluding ortho intramolecular Hbond substituents is 4. The molecule has 2 rings (SSSR count). The molecular formula is C18H22N2O8. The number of carbonyl (C=O) groups excluding carboxylic acids is 1. The first-order chi connectivity index (χ1) is 12.7. The summed E-state index contributed by atoms with van der Waals surface area (Å²) in [6.07, 6.45) is -0.104. The molecule has 28 heavy (non-hydrogen) atoms. The molecule has 0 spiro atoms. The van der Waals surface area contributed by atoms with Crippen molar-refractivity contribution >= 4 is 11.9 Å². The fourth-order valence-corrected chi connectivity index (χ4v) is 2.45. The van der Waals surface area contributed by atoms with Gasteiger partial charge in [-0.2, -0.15) is 0 Å². The number of aliphatic carboxylic acids is 1. The second kappa shape index (κ2) is 9.44. The van der Waals surface area contributed by atoms with Crippen LogP contribution in [-0.2, 0) is 22.4 Å². The summed E-state index contributed by atoms with van der Waals surface area (Å²) in [6.45, 7) is 0. The zero-order valence-electron chi connectivity index (χ0n) is 14.7. The smallest absolute Gasteiger partial charge is 0.326 e. The first-order valence-corrected chi connectivity index (χ1v) is 7.98. The van der Waals surface area contributed by atoms with Crippen molar-refractivity contribution in [1.29, 1.82) is 0 Å². The van der Waals surface area contributed by atoms with Gasteiger partial charge in [-0.15, -0.1) is 0 Å². The van der Waals surface area contributed by atoms with Crippen molar-refractivity contribution < 1.29 is 40.6 Å². The van der Waals surface area contributed by atoms with Crippen LogP contribution in [0.25, 0.3) is 0 Å². The zero-order valence-corrected chi connectivity index (χ0v) is 14.7. The van der Waals surface area contributed by atoms with Gasteiger partial charge in [0.05, 0.1) is 6.04 Å². The highest BCUT2D eigenvalue weighted by molar-refractivity contribution is 5.87. The first kappa shape index (κ1) is 22.5. The number of nitrogens with one attached hydrogen (secondary N) is 1. The summed E-state index contributed by atoms with van der Waals surface area (Å²) in [5.74, 6) is -3.39. The maximum absolute atomic E-state index is 12.2. The summed E-state index contributed by atoms with van der Waals surface area (Å²) in [6, 6.07) is 5.48. The molecular weight excluding hydrogens is 372 g/mol. The number of nitrogens with two attached hydrogens (primary N) is 1. The molecule has 10 nitrogen and oxygen atoms in total. The highest BCUT2D eigenvalue weighted by Crippen LogP contribution is 2.26. The van der Waals surface area contributed by atoms with E-state index in [0.717, 1.165) is 0 Å². The summed E-state index contributed by atoms with van der Waals surface area (Å²) in [5.41, 5.74) is 6.69. The van der Waals surface area contributed by atoms with Gasteiger partial charge in [-0.3, -0.25) is 4.79 Å². The van der Waals surface area contributed by atoms with Crippen LogP contribution in [0.15, 0.2) is 36.4 Å². The van der Waals surface area contributed by atoms with Gasteiger partial charge in [0.15, 0.2) is 23.0 Å². The topological polar surface area (TPSA) is 205 Å². The van der Waals surface area contributed by atoms with E-state index >= 15 is 0 Å². The Hall–Kier alpha value is -3.50. The molecule has 0 fully saturated rings. The van der Waals surface area contributed by atoms with Gasteiger partial charge in [-0.05, 0) is 41.8 Å². The number of carboxylic acid groups (broad SMARTS) is 1. The molecule has 0 aliphatic heterocycles. The van der Waals surface area contributed by atoms with E-state index in [2.05, 4.69) is 5.32 Å². The number of rotatable bonds is 7. The van der Waals surface area contributed by atoms with E-state index in [4.69, 9.17) is 5.73 Å². The van der Waals surface area contributed by atoms with E-state index in [-0.39, 0.29) is 35.6 Å². The van der Waals surface area contributed by atoms with E-state index in [0.29, 0.717) is 11.1 Å². The van der Waals surface area contributed by atoms with Crippen molar-refractivity contribution in [3.8, 4) is 23.0 Å². The van der Waals surface area contributed by atoms with Crippen molar-refractivity contribution in [2.24, 2.45) is 5.73 Å². The first-order valence-electron chi connectivity index (χ1n) is 7.98. The minimum atomic E-state index is -1.29. The molecule has 0 saturated carbocycles. The van der Waals surface area contributed by atoms with Crippen LogP contribution in [0.4, 0.5) is 0 Å². The second-order valence-electron chi connectivity index (χ2n) is 6.06. The molecule has 0 radical (unpaired) electrons. The lowest BCUT2D eigenvalue weighted by molar-refractivity contribution is -0.141. The second-order valence-corrected chi connectivity index (χ2v) is 6.06. The molecule has 0 unspecified atom stereocenters. The Bertz CT molecular complexity index is 855. The van der Waals surface area contributed by atoms with E-state index in [1.54, 1.807) is 0 Å². The number of hydrogen-bond donors (Lipinski definition) is 7. The van der Waals surface area contributed by atoms with Crippen LogP contribution in [0.5, 0.6) is 23.0 Å². The number of amides is 1. The molecule has 0 bridgehead atoms. The Morgan fingerprint density at radius 3 is 1.75 bits per heavy atom. The summed E-state index contributed by atoms with van der Waals surface area (Å²) in [7, 11) is 0. The predicted molar refractivity (Wildman–Crippen MR) is 98.1 cm³/mol. The number of carboxylic acids is 1. The Morgan fingerprint density at radius 1 is 0.857 bits per heavy atom. The predicted octanol–water partition coefficient (Wildman–Crippen LogP) is -0.634. The number of aromatic hydroxyl groups is 4. The Labute approximate surface area is 159 Å². The Balaban J connectivity index is 0.00000392. The highest BCUT2D eigenvalue weighted by atomic mass is 16.4.